The fourth-order valence-electron chi connectivity index (χ4n) is 2.70. The molecule has 1 heterocycles. The molecule has 1 atom stereocenters. The van der Waals surface area contributed by atoms with Crippen LogP contribution in [0.25, 0.3) is 0 Å². The highest BCUT2D eigenvalue weighted by Gasteiger charge is 2.34. The molecule has 1 saturated heterocycles. The van der Waals surface area contributed by atoms with Crippen LogP contribution in [0, 0.1) is 0 Å². The second kappa shape index (κ2) is 6.03. The van der Waals surface area contributed by atoms with Crippen molar-refractivity contribution in [2.75, 3.05) is 13.1 Å². The van der Waals surface area contributed by atoms with E-state index in [-0.39, 0.29) is 6.42 Å². The summed E-state index contributed by atoms with van der Waals surface area (Å²) in [4.78, 5) is 13.2. The average molecular weight is 327 g/mol. The molecular weight excluding hydrogens is 308 g/mol. The number of nitrogens with two attached hydrogens (primary N) is 1. The van der Waals surface area contributed by atoms with E-state index in [4.69, 9.17) is 5.73 Å². The SMILES string of the molecule is NC(=O)CC1(O)CCCN(Cc2cccc(Br)c2)C1. The van der Waals surface area contributed by atoms with Crippen LogP contribution < -0.4 is 5.73 Å². The number of amides is 1. The lowest BCUT2D eigenvalue weighted by atomic mass is 9.89. The van der Waals surface area contributed by atoms with Gasteiger partial charge in [-0.05, 0) is 37.1 Å². The van der Waals surface area contributed by atoms with Crippen molar-refractivity contribution in [3.63, 3.8) is 0 Å². The zero-order valence-electron chi connectivity index (χ0n) is 10.8. The third-order valence-electron chi connectivity index (χ3n) is 3.43. The lowest BCUT2D eigenvalue weighted by molar-refractivity contribution is -0.125. The number of halogens is 1. The fraction of sp³-hybridized carbons (Fsp3) is 0.500. The van der Waals surface area contributed by atoms with E-state index in [1.165, 1.54) is 5.56 Å². The fourth-order valence-corrected chi connectivity index (χ4v) is 3.15. The topological polar surface area (TPSA) is 66.6 Å². The minimum Gasteiger partial charge on any atom is -0.388 e. The first-order valence-corrected chi connectivity index (χ1v) is 7.24. The van der Waals surface area contributed by atoms with Gasteiger partial charge in [-0.3, -0.25) is 9.69 Å². The minimum absolute atomic E-state index is 0.0436. The molecule has 1 unspecified atom stereocenters. The Morgan fingerprint density at radius 1 is 1.53 bits per heavy atom. The van der Waals surface area contributed by atoms with Crippen molar-refractivity contribution in [1.82, 2.24) is 4.90 Å². The van der Waals surface area contributed by atoms with Gasteiger partial charge in [0.05, 0.1) is 12.0 Å². The van der Waals surface area contributed by atoms with Crippen LogP contribution in [0.15, 0.2) is 28.7 Å². The van der Waals surface area contributed by atoms with E-state index in [2.05, 4.69) is 33.0 Å². The number of hydrogen-bond acceptors (Lipinski definition) is 3. The molecule has 3 N–H and O–H groups in total. The number of rotatable bonds is 4. The van der Waals surface area contributed by atoms with E-state index in [1.807, 2.05) is 12.1 Å². The maximum absolute atomic E-state index is 11.0. The van der Waals surface area contributed by atoms with Crippen LogP contribution in [-0.4, -0.2) is 34.6 Å². The molecule has 104 valence electrons. The number of carbonyl (C=O) groups is 1. The number of primary amides is 1. The van der Waals surface area contributed by atoms with Crippen LogP contribution in [-0.2, 0) is 11.3 Å². The normalized spacial score (nSPS) is 24.3. The molecule has 1 amide bonds. The molecule has 1 aromatic carbocycles. The van der Waals surface area contributed by atoms with Crippen molar-refractivity contribution in [2.45, 2.75) is 31.4 Å². The zero-order valence-corrected chi connectivity index (χ0v) is 12.4. The van der Waals surface area contributed by atoms with E-state index >= 15 is 0 Å². The summed E-state index contributed by atoms with van der Waals surface area (Å²) in [6.07, 6.45) is 1.57. The van der Waals surface area contributed by atoms with Crippen molar-refractivity contribution >= 4 is 21.8 Å². The van der Waals surface area contributed by atoms with Crippen molar-refractivity contribution in [2.24, 2.45) is 5.73 Å². The van der Waals surface area contributed by atoms with Gasteiger partial charge in [-0.1, -0.05) is 28.1 Å². The van der Waals surface area contributed by atoms with Crippen molar-refractivity contribution in [3.8, 4) is 0 Å². The maximum atomic E-state index is 11.0. The predicted molar refractivity (Wildman–Crippen MR) is 77.4 cm³/mol. The second-order valence-corrected chi connectivity index (χ2v) is 6.23. The summed E-state index contributed by atoms with van der Waals surface area (Å²) >= 11 is 3.45. The van der Waals surface area contributed by atoms with E-state index in [1.54, 1.807) is 0 Å². The van der Waals surface area contributed by atoms with E-state index < -0.39 is 11.5 Å². The summed E-state index contributed by atoms with van der Waals surface area (Å²) in [6, 6.07) is 8.12. The van der Waals surface area contributed by atoms with Crippen LogP contribution in [0.2, 0.25) is 0 Å². The molecule has 0 bridgehead atoms. The Morgan fingerprint density at radius 2 is 2.32 bits per heavy atom. The first kappa shape index (κ1) is 14.5. The number of aliphatic hydroxyl groups is 1. The molecule has 1 aliphatic rings. The third-order valence-corrected chi connectivity index (χ3v) is 3.93. The minimum atomic E-state index is -0.962. The Balaban J connectivity index is 1.99. The number of likely N-dealkylation sites (tertiary alicyclic amines) is 1. The number of carbonyl (C=O) groups excluding carboxylic acids is 1. The quantitative estimate of drug-likeness (QED) is 0.884. The van der Waals surface area contributed by atoms with Crippen LogP contribution in [0.1, 0.15) is 24.8 Å². The van der Waals surface area contributed by atoms with Gasteiger partial charge in [-0.2, -0.15) is 0 Å². The van der Waals surface area contributed by atoms with Gasteiger partial charge in [-0.25, -0.2) is 0 Å². The molecule has 4 nitrogen and oxygen atoms in total. The Morgan fingerprint density at radius 3 is 3.00 bits per heavy atom. The van der Waals surface area contributed by atoms with Gasteiger partial charge in [-0.15, -0.1) is 0 Å². The summed E-state index contributed by atoms with van der Waals surface area (Å²) in [7, 11) is 0. The number of piperidine rings is 1. The first-order valence-electron chi connectivity index (χ1n) is 6.44. The summed E-state index contributed by atoms with van der Waals surface area (Å²) in [5.41, 5.74) is 5.43. The molecule has 5 heteroatoms. The highest BCUT2D eigenvalue weighted by molar-refractivity contribution is 9.10. The Bertz CT molecular complexity index is 467. The molecular formula is C14H19BrN2O2. The van der Waals surface area contributed by atoms with E-state index in [9.17, 15) is 9.90 Å². The molecule has 0 saturated carbocycles. The Hall–Kier alpha value is -0.910. The molecule has 0 aromatic heterocycles. The van der Waals surface area contributed by atoms with Gasteiger partial charge in [0.2, 0.25) is 5.91 Å². The van der Waals surface area contributed by atoms with Crippen molar-refractivity contribution in [1.29, 1.82) is 0 Å². The molecule has 1 fully saturated rings. The number of β-amino-alcohol motifs (C(OH)–C–C–N with tert-alkyl or cyclic N) is 1. The summed E-state index contributed by atoms with van der Waals surface area (Å²) in [5.74, 6) is -0.438. The monoisotopic (exact) mass is 326 g/mol. The first-order chi connectivity index (χ1) is 8.97. The Kier molecular flexibility index (Phi) is 4.60. The summed E-state index contributed by atoms with van der Waals surface area (Å²) < 4.78 is 1.05. The molecule has 0 aliphatic carbocycles. The number of benzene rings is 1. The molecule has 0 radical (unpaired) electrons. The molecule has 2 rings (SSSR count). The molecule has 19 heavy (non-hydrogen) atoms. The maximum Gasteiger partial charge on any atom is 0.220 e. The molecule has 1 aliphatic heterocycles. The van der Waals surface area contributed by atoms with Gasteiger partial charge >= 0.3 is 0 Å². The van der Waals surface area contributed by atoms with Crippen molar-refractivity contribution in [3.05, 3.63) is 34.3 Å². The van der Waals surface area contributed by atoms with Crippen molar-refractivity contribution < 1.29 is 9.90 Å². The zero-order chi connectivity index (χ0) is 13.9. The summed E-state index contributed by atoms with van der Waals surface area (Å²) in [6.45, 7) is 2.22. The van der Waals surface area contributed by atoms with E-state index in [0.29, 0.717) is 13.0 Å². The number of hydrogen-bond donors (Lipinski definition) is 2. The van der Waals surface area contributed by atoms with Crippen LogP contribution in [0.5, 0.6) is 0 Å². The van der Waals surface area contributed by atoms with Gasteiger partial charge < -0.3 is 10.8 Å². The highest BCUT2D eigenvalue weighted by Crippen LogP contribution is 2.25. The van der Waals surface area contributed by atoms with Gasteiger partial charge in [0.25, 0.3) is 0 Å². The lowest BCUT2D eigenvalue weighted by Gasteiger charge is -2.38. The number of nitrogens with zero attached hydrogens (tertiary/aromatic N) is 1. The van der Waals surface area contributed by atoms with Gasteiger partial charge in [0, 0.05) is 17.6 Å². The lowest BCUT2D eigenvalue weighted by Crippen LogP contribution is -2.49. The standard InChI is InChI=1S/C14H19BrN2O2/c15-12-4-1-3-11(7-12)9-17-6-2-5-14(19,10-17)8-13(16)18/h1,3-4,7,19H,2,5-6,8-10H2,(H2,16,18). The van der Waals surface area contributed by atoms with Gasteiger partial charge in [0.1, 0.15) is 0 Å². The van der Waals surface area contributed by atoms with Crippen LogP contribution in [0.4, 0.5) is 0 Å². The third kappa shape index (κ3) is 4.30. The smallest absolute Gasteiger partial charge is 0.220 e. The largest absolute Gasteiger partial charge is 0.388 e. The summed E-state index contributed by atoms with van der Waals surface area (Å²) in [5, 5.41) is 10.4. The second-order valence-electron chi connectivity index (χ2n) is 5.31. The van der Waals surface area contributed by atoms with Gasteiger partial charge in [0.15, 0.2) is 0 Å². The molecule has 0 spiro atoms. The highest BCUT2D eigenvalue weighted by atomic mass is 79.9. The van der Waals surface area contributed by atoms with Crippen LogP contribution >= 0.6 is 15.9 Å². The van der Waals surface area contributed by atoms with Crippen LogP contribution in [0.3, 0.4) is 0 Å². The predicted octanol–water partition coefficient (Wildman–Crippen LogP) is 1.65. The Labute approximate surface area is 121 Å². The average Bonchev–Trinajstić information content (AvgIpc) is 2.27. The molecule has 1 aromatic rings. The van der Waals surface area contributed by atoms with E-state index in [0.717, 1.165) is 24.0 Å².